The largest absolute Gasteiger partial charge is 0.480 e. The van der Waals surface area contributed by atoms with Gasteiger partial charge in [0.15, 0.2) is 0 Å². The van der Waals surface area contributed by atoms with E-state index < -0.39 is 5.97 Å². The first-order valence-corrected chi connectivity index (χ1v) is 5.83. The molecule has 5 heteroatoms. The predicted molar refractivity (Wildman–Crippen MR) is 60.1 cm³/mol. The summed E-state index contributed by atoms with van der Waals surface area (Å²) < 4.78 is 0. The van der Waals surface area contributed by atoms with Crippen LogP contribution >= 0.6 is 0 Å². The molecule has 1 fully saturated rings. The minimum Gasteiger partial charge on any atom is -0.480 e. The molecule has 1 aliphatic rings. The number of aliphatic carboxylic acids is 1. The molecule has 1 rings (SSSR count). The van der Waals surface area contributed by atoms with Crippen LogP contribution in [-0.4, -0.2) is 48.1 Å². The quantitative estimate of drug-likeness (QED) is 0.587. The van der Waals surface area contributed by atoms with Crippen molar-refractivity contribution in [3.8, 4) is 0 Å². The first-order valence-electron chi connectivity index (χ1n) is 5.83. The van der Waals surface area contributed by atoms with Crippen LogP contribution in [0.25, 0.3) is 0 Å². The lowest BCUT2D eigenvalue weighted by atomic mass is 10.3. The highest BCUT2D eigenvalue weighted by Crippen LogP contribution is 2.29. The lowest BCUT2D eigenvalue weighted by molar-refractivity contribution is -0.144. The Hall–Kier alpha value is -1.10. The molecule has 1 aliphatic carbocycles. The molecular weight excluding hydrogens is 208 g/mol. The van der Waals surface area contributed by atoms with Crippen LogP contribution in [0, 0.1) is 5.92 Å². The Bertz CT molecular complexity index is 252. The number of carboxylic acids is 1. The molecule has 0 aromatic rings. The van der Waals surface area contributed by atoms with E-state index in [-0.39, 0.29) is 12.5 Å². The summed E-state index contributed by atoms with van der Waals surface area (Å²) in [6.07, 6.45) is 2.63. The second-order valence-electron chi connectivity index (χ2n) is 4.21. The third kappa shape index (κ3) is 5.11. The summed E-state index contributed by atoms with van der Waals surface area (Å²) in [4.78, 5) is 23.8. The smallest absolute Gasteiger partial charge is 0.323 e. The molecular formula is C11H20N2O3. The second kappa shape index (κ2) is 6.48. The van der Waals surface area contributed by atoms with E-state index in [2.05, 4.69) is 5.32 Å². The number of carbonyl (C=O) groups excluding carboxylic acids is 1. The van der Waals surface area contributed by atoms with E-state index in [4.69, 9.17) is 5.11 Å². The van der Waals surface area contributed by atoms with Gasteiger partial charge in [-0.2, -0.15) is 0 Å². The predicted octanol–water partition coefficient (Wildman–Crippen LogP) is 0.309. The number of hydrogen-bond acceptors (Lipinski definition) is 3. The van der Waals surface area contributed by atoms with Crippen molar-refractivity contribution >= 4 is 11.9 Å². The molecule has 16 heavy (non-hydrogen) atoms. The van der Waals surface area contributed by atoms with E-state index in [1.165, 1.54) is 4.90 Å². The second-order valence-corrected chi connectivity index (χ2v) is 4.21. The van der Waals surface area contributed by atoms with E-state index in [0.717, 1.165) is 19.4 Å². The fourth-order valence-corrected chi connectivity index (χ4v) is 1.56. The van der Waals surface area contributed by atoms with Crippen molar-refractivity contribution in [2.45, 2.75) is 26.2 Å². The zero-order chi connectivity index (χ0) is 12.0. The van der Waals surface area contributed by atoms with Crippen molar-refractivity contribution in [3.63, 3.8) is 0 Å². The van der Waals surface area contributed by atoms with Crippen molar-refractivity contribution in [2.75, 3.05) is 26.2 Å². The molecule has 0 spiro atoms. The first kappa shape index (κ1) is 13.0. The third-order valence-corrected chi connectivity index (χ3v) is 2.62. The number of carboxylic acid groups (broad SMARTS) is 1. The molecule has 0 heterocycles. The normalized spacial score (nSPS) is 14.8. The fourth-order valence-electron chi connectivity index (χ4n) is 1.56. The van der Waals surface area contributed by atoms with Gasteiger partial charge >= 0.3 is 5.97 Å². The number of nitrogens with zero attached hydrogens (tertiary/aromatic N) is 1. The third-order valence-electron chi connectivity index (χ3n) is 2.62. The van der Waals surface area contributed by atoms with Crippen LogP contribution in [0.3, 0.4) is 0 Å². The fraction of sp³-hybridized carbons (Fsp3) is 0.818. The number of amides is 1. The Kier molecular flexibility index (Phi) is 5.25. The Morgan fingerprint density at radius 3 is 2.62 bits per heavy atom. The maximum Gasteiger partial charge on any atom is 0.323 e. The molecule has 92 valence electrons. The highest BCUT2D eigenvalue weighted by atomic mass is 16.4. The summed E-state index contributed by atoms with van der Waals surface area (Å²) in [6, 6.07) is 0. The van der Waals surface area contributed by atoms with Gasteiger partial charge in [0.05, 0.1) is 0 Å². The maximum absolute atomic E-state index is 11.7. The van der Waals surface area contributed by atoms with Gasteiger partial charge in [-0.25, -0.2) is 0 Å². The van der Waals surface area contributed by atoms with Crippen LogP contribution in [0.15, 0.2) is 0 Å². The number of nitrogens with one attached hydrogen (secondary N) is 1. The monoisotopic (exact) mass is 228 g/mol. The van der Waals surface area contributed by atoms with Gasteiger partial charge in [-0.3, -0.25) is 9.59 Å². The number of rotatable bonds is 8. The van der Waals surface area contributed by atoms with Gasteiger partial charge in [0.25, 0.3) is 0 Å². The summed E-state index contributed by atoms with van der Waals surface area (Å²) in [5.41, 5.74) is 0. The van der Waals surface area contributed by atoms with Crippen LogP contribution in [0.4, 0.5) is 0 Å². The molecule has 0 aromatic carbocycles. The Morgan fingerprint density at radius 2 is 2.12 bits per heavy atom. The van der Waals surface area contributed by atoms with Crippen molar-refractivity contribution in [3.05, 3.63) is 0 Å². The highest BCUT2D eigenvalue weighted by molar-refractivity contribution is 5.81. The van der Waals surface area contributed by atoms with Crippen molar-refractivity contribution < 1.29 is 14.7 Å². The van der Waals surface area contributed by atoms with Gasteiger partial charge in [-0.05, 0) is 25.3 Å². The lowest BCUT2D eigenvalue weighted by Crippen LogP contribution is -2.38. The summed E-state index contributed by atoms with van der Waals surface area (Å²) in [6.45, 7) is 3.87. The summed E-state index contributed by atoms with van der Waals surface area (Å²) >= 11 is 0. The van der Waals surface area contributed by atoms with Gasteiger partial charge in [0.1, 0.15) is 6.54 Å². The maximum atomic E-state index is 11.7. The average molecular weight is 228 g/mol. The van der Waals surface area contributed by atoms with E-state index in [1.54, 1.807) is 0 Å². The first-order chi connectivity index (χ1) is 7.63. The molecule has 0 unspecified atom stereocenters. The molecule has 5 nitrogen and oxygen atoms in total. The van der Waals surface area contributed by atoms with Gasteiger partial charge in [0.2, 0.25) is 5.91 Å². The topological polar surface area (TPSA) is 69.6 Å². The standard InChI is InChI=1S/C11H20N2O3/c1-2-12-6-5-10(14)13(8-11(15)16)7-9-3-4-9/h9,12H,2-8H2,1H3,(H,15,16). The molecule has 0 aromatic heterocycles. The molecule has 0 aliphatic heterocycles. The van der Waals surface area contributed by atoms with Crippen molar-refractivity contribution in [1.29, 1.82) is 0 Å². The zero-order valence-corrected chi connectivity index (χ0v) is 9.74. The van der Waals surface area contributed by atoms with Crippen LogP contribution in [0.1, 0.15) is 26.2 Å². The van der Waals surface area contributed by atoms with Gasteiger partial charge in [-0.15, -0.1) is 0 Å². The zero-order valence-electron chi connectivity index (χ0n) is 9.74. The average Bonchev–Trinajstić information content (AvgIpc) is 3.00. The minimum atomic E-state index is -0.933. The van der Waals surface area contributed by atoms with E-state index in [0.29, 0.717) is 25.4 Å². The molecule has 0 atom stereocenters. The molecule has 1 saturated carbocycles. The van der Waals surface area contributed by atoms with E-state index in [1.807, 2.05) is 6.92 Å². The Balaban J connectivity index is 2.33. The highest BCUT2D eigenvalue weighted by Gasteiger charge is 2.27. The van der Waals surface area contributed by atoms with Crippen molar-refractivity contribution in [1.82, 2.24) is 10.2 Å². The molecule has 0 radical (unpaired) electrons. The van der Waals surface area contributed by atoms with Crippen LogP contribution < -0.4 is 5.32 Å². The van der Waals surface area contributed by atoms with Crippen molar-refractivity contribution in [2.24, 2.45) is 5.92 Å². The van der Waals surface area contributed by atoms with E-state index in [9.17, 15) is 9.59 Å². The summed E-state index contributed by atoms with van der Waals surface area (Å²) in [7, 11) is 0. The van der Waals surface area contributed by atoms with Crippen LogP contribution in [0.5, 0.6) is 0 Å². The van der Waals surface area contributed by atoms with Crippen LogP contribution in [0.2, 0.25) is 0 Å². The number of carbonyl (C=O) groups is 2. The Labute approximate surface area is 95.8 Å². The lowest BCUT2D eigenvalue weighted by Gasteiger charge is -2.20. The Morgan fingerprint density at radius 1 is 1.44 bits per heavy atom. The summed E-state index contributed by atoms with van der Waals surface area (Å²) in [5, 5.41) is 11.8. The number of hydrogen-bond donors (Lipinski definition) is 2. The van der Waals surface area contributed by atoms with E-state index >= 15 is 0 Å². The summed E-state index contributed by atoms with van der Waals surface area (Å²) in [5.74, 6) is -0.463. The SMILES string of the molecule is CCNCCC(=O)N(CC(=O)O)CC1CC1. The van der Waals surface area contributed by atoms with Gasteiger partial charge < -0.3 is 15.3 Å². The molecule has 1 amide bonds. The van der Waals surface area contributed by atoms with Crippen LogP contribution in [-0.2, 0) is 9.59 Å². The van der Waals surface area contributed by atoms with Gasteiger partial charge in [-0.1, -0.05) is 6.92 Å². The minimum absolute atomic E-state index is 0.0600. The van der Waals surface area contributed by atoms with Gasteiger partial charge in [0, 0.05) is 19.5 Å². The molecule has 2 N–H and O–H groups in total. The molecule has 0 bridgehead atoms. The molecule has 0 saturated heterocycles.